The van der Waals surface area contributed by atoms with E-state index in [1.807, 2.05) is 0 Å². The van der Waals surface area contributed by atoms with Gasteiger partial charge in [-0.05, 0) is 24.5 Å². The van der Waals surface area contributed by atoms with Crippen molar-refractivity contribution in [1.82, 2.24) is 5.32 Å². The van der Waals surface area contributed by atoms with Crippen LogP contribution >= 0.6 is 0 Å². The molecule has 0 heterocycles. The van der Waals surface area contributed by atoms with Gasteiger partial charge in [-0.1, -0.05) is 25.1 Å². The molecule has 0 aliphatic carbocycles. The number of carbonyl (C=O) groups is 2. The smallest absolute Gasteiger partial charge is 0.416 e. The number of ether oxygens (including phenoxy) is 1. The lowest BCUT2D eigenvalue weighted by Crippen LogP contribution is -2.51. The van der Waals surface area contributed by atoms with Crippen molar-refractivity contribution >= 4 is 11.9 Å². The van der Waals surface area contributed by atoms with Gasteiger partial charge in [0.1, 0.15) is 0 Å². The number of benzene rings is 1. The summed E-state index contributed by atoms with van der Waals surface area (Å²) in [6.45, 7) is 3.00. The summed E-state index contributed by atoms with van der Waals surface area (Å²) in [5, 5.41) is 11.5. The first-order chi connectivity index (χ1) is 11.5. The van der Waals surface area contributed by atoms with Crippen LogP contribution in [0.25, 0.3) is 0 Å². The highest BCUT2D eigenvalue weighted by molar-refractivity contribution is 5.79. The lowest BCUT2D eigenvalue weighted by Gasteiger charge is -2.29. The quantitative estimate of drug-likeness (QED) is 0.746. The van der Waals surface area contributed by atoms with Gasteiger partial charge in [0.25, 0.3) is 0 Å². The molecule has 0 aromatic heterocycles. The minimum Gasteiger partial charge on any atom is -0.481 e. The van der Waals surface area contributed by atoms with Crippen LogP contribution in [0.2, 0.25) is 0 Å². The molecule has 2 unspecified atom stereocenters. The third-order valence-electron chi connectivity index (χ3n) is 3.73. The average Bonchev–Trinajstić information content (AvgIpc) is 2.44. The summed E-state index contributed by atoms with van der Waals surface area (Å²) in [6, 6.07) is 5.09. The predicted molar refractivity (Wildman–Crippen MR) is 85.2 cm³/mol. The van der Waals surface area contributed by atoms with Gasteiger partial charge >= 0.3 is 12.1 Å². The van der Waals surface area contributed by atoms with Crippen LogP contribution in [0.4, 0.5) is 13.2 Å². The fourth-order valence-electron chi connectivity index (χ4n) is 2.74. The summed E-state index contributed by atoms with van der Waals surface area (Å²) in [6.07, 6.45) is -5.07. The van der Waals surface area contributed by atoms with Gasteiger partial charge in [-0.2, -0.15) is 13.2 Å². The molecule has 1 rings (SSSR count). The first-order valence-electron chi connectivity index (χ1n) is 7.66. The molecule has 0 radical (unpaired) electrons. The minimum absolute atomic E-state index is 0.0248. The van der Waals surface area contributed by atoms with Gasteiger partial charge < -0.3 is 15.2 Å². The standard InChI is InChI=1S/C17H22F3NO4/c1-11(12-6-4-5-7-13(12)17(18,19)20)8-14(22)21-16(2,10-25-3)9-15(23)24/h4-7,11H,8-10H2,1-3H3,(H,21,22)(H,23,24). The molecular formula is C17H22F3NO4. The number of hydrogen-bond donors (Lipinski definition) is 2. The van der Waals surface area contributed by atoms with Crippen LogP contribution in [0.15, 0.2) is 24.3 Å². The number of nitrogens with one attached hydrogen (secondary N) is 1. The molecule has 0 saturated carbocycles. The van der Waals surface area contributed by atoms with E-state index in [0.29, 0.717) is 0 Å². The third kappa shape index (κ3) is 6.38. The molecule has 0 aliphatic heterocycles. The molecule has 5 nitrogen and oxygen atoms in total. The monoisotopic (exact) mass is 361 g/mol. The molecule has 1 amide bonds. The summed E-state index contributed by atoms with van der Waals surface area (Å²) in [5.74, 6) is -2.34. The molecule has 1 aromatic rings. The van der Waals surface area contributed by atoms with Gasteiger partial charge in [0.2, 0.25) is 5.91 Å². The van der Waals surface area contributed by atoms with Crippen molar-refractivity contribution in [2.75, 3.05) is 13.7 Å². The van der Waals surface area contributed by atoms with Crippen molar-refractivity contribution in [3.63, 3.8) is 0 Å². The van der Waals surface area contributed by atoms with Gasteiger partial charge in [0.15, 0.2) is 0 Å². The average molecular weight is 361 g/mol. The van der Waals surface area contributed by atoms with Crippen LogP contribution in [0.5, 0.6) is 0 Å². The number of carboxylic acids is 1. The molecule has 0 bridgehead atoms. The Labute approximate surface area is 144 Å². The summed E-state index contributed by atoms with van der Waals surface area (Å²) in [7, 11) is 1.37. The number of carbonyl (C=O) groups excluding carboxylic acids is 1. The lowest BCUT2D eigenvalue weighted by atomic mass is 9.91. The number of methoxy groups -OCH3 is 1. The van der Waals surface area contributed by atoms with Gasteiger partial charge in [-0.3, -0.25) is 9.59 Å². The van der Waals surface area contributed by atoms with E-state index < -0.39 is 35.1 Å². The van der Waals surface area contributed by atoms with Crippen molar-refractivity contribution in [1.29, 1.82) is 0 Å². The number of carboxylic acid groups (broad SMARTS) is 1. The first kappa shape index (κ1) is 21.0. The van der Waals surface area contributed by atoms with Crippen molar-refractivity contribution in [3.8, 4) is 0 Å². The van der Waals surface area contributed by atoms with E-state index in [1.165, 1.54) is 39.2 Å². The third-order valence-corrected chi connectivity index (χ3v) is 3.73. The Kier molecular flexibility index (Phi) is 6.98. The molecule has 0 aliphatic rings. The zero-order valence-electron chi connectivity index (χ0n) is 14.3. The van der Waals surface area contributed by atoms with Crippen LogP contribution in [-0.2, 0) is 20.5 Å². The Morgan fingerprint density at radius 1 is 1.28 bits per heavy atom. The summed E-state index contributed by atoms with van der Waals surface area (Å²) < 4.78 is 44.2. The van der Waals surface area contributed by atoms with Crippen LogP contribution < -0.4 is 5.32 Å². The van der Waals surface area contributed by atoms with E-state index in [1.54, 1.807) is 0 Å². The molecule has 25 heavy (non-hydrogen) atoms. The van der Waals surface area contributed by atoms with Gasteiger partial charge in [0.05, 0.1) is 24.1 Å². The van der Waals surface area contributed by atoms with Crippen molar-refractivity contribution in [2.24, 2.45) is 0 Å². The number of aliphatic carboxylic acids is 1. The molecule has 0 spiro atoms. The number of halogens is 3. The predicted octanol–water partition coefficient (Wildman–Crippen LogP) is 3.20. The SMILES string of the molecule is COCC(C)(CC(=O)O)NC(=O)CC(C)c1ccccc1C(F)(F)F. The Morgan fingerprint density at radius 2 is 1.88 bits per heavy atom. The number of amides is 1. The zero-order chi connectivity index (χ0) is 19.3. The largest absolute Gasteiger partial charge is 0.481 e. The molecule has 8 heteroatoms. The van der Waals surface area contributed by atoms with Crippen molar-refractivity contribution < 1.29 is 32.6 Å². The topological polar surface area (TPSA) is 75.6 Å². The van der Waals surface area contributed by atoms with Crippen LogP contribution in [0.1, 0.15) is 43.7 Å². The maximum absolute atomic E-state index is 13.1. The fraction of sp³-hybridized carbons (Fsp3) is 0.529. The second-order valence-corrected chi connectivity index (χ2v) is 6.30. The maximum Gasteiger partial charge on any atom is 0.416 e. The highest BCUT2D eigenvalue weighted by Gasteiger charge is 2.35. The van der Waals surface area contributed by atoms with Gasteiger partial charge in [0, 0.05) is 13.5 Å². The molecule has 0 saturated heterocycles. The minimum atomic E-state index is -4.50. The number of alkyl halides is 3. The first-order valence-corrected chi connectivity index (χ1v) is 7.66. The molecule has 2 N–H and O–H groups in total. The fourth-order valence-corrected chi connectivity index (χ4v) is 2.74. The van der Waals surface area contributed by atoms with E-state index in [0.717, 1.165) is 6.07 Å². The molecule has 0 fully saturated rings. The van der Waals surface area contributed by atoms with E-state index in [2.05, 4.69) is 5.32 Å². The van der Waals surface area contributed by atoms with Crippen LogP contribution in [-0.4, -0.2) is 36.2 Å². The molecule has 1 aromatic carbocycles. The Morgan fingerprint density at radius 3 is 2.40 bits per heavy atom. The Hall–Kier alpha value is -2.09. The molecule has 2 atom stereocenters. The lowest BCUT2D eigenvalue weighted by molar-refractivity contribution is -0.140. The van der Waals surface area contributed by atoms with Crippen LogP contribution in [0.3, 0.4) is 0 Å². The Bertz CT molecular complexity index is 618. The zero-order valence-corrected chi connectivity index (χ0v) is 14.3. The van der Waals surface area contributed by atoms with E-state index in [4.69, 9.17) is 9.84 Å². The highest BCUT2D eigenvalue weighted by Crippen LogP contribution is 2.36. The number of rotatable bonds is 8. The number of hydrogen-bond acceptors (Lipinski definition) is 3. The van der Waals surface area contributed by atoms with E-state index >= 15 is 0 Å². The van der Waals surface area contributed by atoms with Gasteiger partial charge in [-0.25, -0.2) is 0 Å². The molecule has 140 valence electrons. The summed E-state index contributed by atoms with van der Waals surface area (Å²) in [4.78, 5) is 23.2. The van der Waals surface area contributed by atoms with E-state index in [9.17, 15) is 22.8 Å². The van der Waals surface area contributed by atoms with E-state index in [-0.39, 0.29) is 25.0 Å². The van der Waals surface area contributed by atoms with Gasteiger partial charge in [-0.15, -0.1) is 0 Å². The normalized spacial score (nSPS) is 15.3. The van der Waals surface area contributed by atoms with Crippen molar-refractivity contribution in [3.05, 3.63) is 35.4 Å². The van der Waals surface area contributed by atoms with Crippen molar-refractivity contribution in [2.45, 2.75) is 44.3 Å². The Balaban J connectivity index is 2.88. The van der Waals surface area contributed by atoms with Crippen LogP contribution in [0, 0.1) is 0 Å². The summed E-state index contributed by atoms with van der Waals surface area (Å²) in [5.41, 5.74) is -1.89. The molecular weight excluding hydrogens is 339 g/mol. The highest BCUT2D eigenvalue weighted by atomic mass is 19.4. The second-order valence-electron chi connectivity index (χ2n) is 6.30. The summed E-state index contributed by atoms with van der Waals surface area (Å²) >= 11 is 0. The second kappa shape index (κ2) is 8.33. The maximum atomic E-state index is 13.1.